The molecule has 0 unspecified atom stereocenters. The van der Waals surface area contributed by atoms with Crippen molar-refractivity contribution in [1.82, 2.24) is 9.80 Å². The fourth-order valence-corrected chi connectivity index (χ4v) is 5.26. The Morgan fingerprint density at radius 3 is 2.74 bits per heavy atom. The Bertz CT molecular complexity index is 740. The van der Waals surface area contributed by atoms with Gasteiger partial charge in [-0.1, -0.05) is 12.8 Å². The Labute approximate surface area is 160 Å². The Morgan fingerprint density at radius 1 is 1.19 bits per heavy atom. The van der Waals surface area contributed by atoms with Crippen LogP contribution in [0.2, 0.25) is 0 Å². The Morgan fingerprint density at radius 2 is 2.00 bits per heavy atom. The molecule has 0 radical (unpaired) electrons. The van der Waals surface area contributed by atoms with Gasteiger partial charge in [0, 0.05) is 37.0 Å². The predicted molar refractivity (Wildman–Crippen MR) is 102 cm³/mol. The second-order valence-corrected chi connectivity index (χ2v) is 8.55. The third kappa shape index (κ3) is 3.91. The molecule has 2 aliphatic heterocycles. The molecule has 148 valence electrons. The van der Waals surface area contributed by atoms with Crippen molar-refractivity contribution in [3.8, 4) is 5.75 Å². The number of amides is 1. The molecule has 1 saturated carbocycles. The first-order chi connectivity index (χ1) is 13.1. The fourth-order valence-electron chi connectivity index (χ4n) is 5.26. The lowest BCUT2D eigenvalue weighted by molar-refractivity contribution is -0.142. The molecule has 3 heterocycles. The van der Waals surface area contributed by atoms with E-state index in [1.54, 1.807) is 0 Å². The number of hydrogen-bond donors (Lipinski definition) is 0. The van der Waals surface area contributed by atoms with Crippen LogP contribution in [-0.2, 0) is 11.3 Å². The van der Waals surface area contributed by atoms with E-state index in [9.17, 15) is 9.59 Å². The number of rotatable bonds is 4. The maximum Gasteiger partial charge on any atom is 0.227 e. The summed E-state index contributed by atoms with van der Waals surface area (Å²) in [5.74, 6) is 1.27. The smallest absolute Gasteiger partial charge is 0.227 e. The molecule has 27 heavy (non-hydrogen) atoms. The number of carbonyl (C=O) groups is 1. The molecular weight excluding hydrogens is 344 g/mol. The van der Waals surface area contributed by atoms with Crippen LogP contribution in [0.3, 0.4) is 0 Å². The lowest BCUT2D eigenvalue weighted by Gasteiger charge is -2.49. The molecule has 6 nitrogen and oxygen atoms in total. The van der Waals surface area contributed by atoms with E-state index in [1.807, 2.05) is 0 Å². The predicted octanol–water partition coefficient (Wildman–Crippen LogP) is 2.80. The highest BCUT2D eigenvalue weighted by atomic mass is 16.5. The minimum absolute atomic E-state index is 0.138. The first-order valence-corrected chi connectivity index (χ1v) is 10.3. The minimum Gasteiger partial charge on any atom is -0.490 e. The van der Waals surface area contributed by atoms with Gasteiger partial charge in [0.25, 0.3) is 0 Å². The zero-order valence-corrected chi connectivity index (χ0v) is 16.2. The van der Waals surface area contributed by atoms with Crippen molar-refractivity contribution in [2.75, 3.05) is 26.7 Å². The van der Waals surface area contributed by atoms with Crippen LogP contribution < -0.4 is 10.2 Å². The molecule has 0 aromatic carbocycles. The first-order valence-electron chi connectivity index (χ1n) is 10.3. The van der Waals surface area contributed by atoms with Gasteiger partial charge in [0.05, 0.1) is 13.7 Å². The highest BCUT2D eigenvalue weighted by Crippen LogP contribution is 2.41. The van der Waals surface area contributed by atoms with Gasteiger partial charge in [0.15, 0.2) is 0 Å². The molecule has 1 aromatic rings. The van der Waals surface area contributed by atoms with Crippen LogP contribution in [0.1, 0.15) is 57.1 Å². The molecule has 1 aromatic heterocycles. The quantitative estimate of drug-likeness (QED) is 0.811. The van der Waals surface area contributed by atoms with E-state index in [2.05, 4.69) is 9.80 Å². The molecule has 3 aliphatic rings. The van der Waals surface area contributed by atoms with Crippen LogP contribution >= 0.6 is 0 Å². The lowest BCUT2D eigenvalue weighted by Crippen LogP contribution is -2.55. The van der Waals surface area contributed by atoms with E-state index >= 15 is 0 Å². The van der Waals surface area contributed by atoms with E-state index in [1.165, 1.54) is 51.5 Å². The average Bonchev–Trinajstić information content (AvgIpc) is 3.19. The van der Waals surface area contributed by atoms with Gasteiger partial charge in [-0.15, -0.1) is 0 Å². The molecule has 0 bridgehead atoms. The topological polar surface area (TPSA) is 63.0 Å². The van der Waals surface area contributed by atoms with Gasteiger partial charge in [-0.25, -0.2) is 0 Å². The molecule has 1 atom stereocenters. The van der Waals surface area contributed by atoms with Crippen molar-refractivity contribution in [1.29, 1.82) is 0 Å². The largest absolute Gasteiger partial charge is 0.490 e. The molecule has 1 spiro atoms. The minimum atomic E-state index is -0.138. The Kier molecular flexibility index (Phi) is 5.26. The number of nitrogens with zero attached hydrogens (tertiary/aromatic N) is 2. The van der Waals surface area contributed by atoms with Crippen LogP contribution in [-0.4, -0.2) is 48.5 Å². The summed E-state index contributed by atoms with van der Waals surface area (Å²) in [5.41, 5.74) is 0.0581. The summed E-state index contributed by atoms with van der Waals surface area (Å²) in [4.78, 5) is 29.1. The second kappa shape index (κ2) is 7.66. The Hall–Kier alpha value is -1.82. The summed E-state index contributed by atoms with van der Waals surface area (Å²) in [6, 6.07) is 2.00. The zero-order valence-electron chi connectivity index (χ0n) is 16.2. The summed E-state index contributed by atoms with van der Waals surface area (Å²) >= 11 is 0. The van der Waals surface area contributed by atoms with Gasteiger partial charge in [-0.05, 0) is 38.6 Å². The standard InChI is InChI=1S/C21H30N2O4/c1-26-19-13-27-17(11-18(19)24)12-22-10-4-8-21(14-22)9-7-20(25)23(15-21)16-5-2-3-6-16/h11,13,16H,2-10,12,14-15H2,1H3/t21-/m1/s1. The summed E-state index contributed by atoms with van der Waals surface area (Å²) in [5, 5.41) is 0. The molecule has 2 saturated heterocycles. The van der Waals surface area contributed by atoms with Crippen LogP contribution in [0.15, 0.2) is 21.5 Å². The SMILES string of the molecule is COc1coc(CN2CCC[C@@]3(CCC(=O)N(C4CCCC4)C3)C2)cc1=O. The van der Waals surface area contributed by atoms with Crippen LogP contribution in [0.4, 0.5) is 0 Å². The van der Waals surface area contributed by atoms with Gasteiger partial charge in [0.1, 0.15) is 12.0 Å². The summed E-state index contributed by atoms with van der Waals surface area (Å²) < 4.78 is 10.6. The van der Waals surface area contributed by atoms with Gasteiger partial charge in [-0.2, -0.15) is 0 Å². The van der Waals surface area contributed by atoms with Crippen molar-refractivity contribution in [2.24, 2.45) is 5.41 Å². The second-order valence-electron chi connectivity index (χ2n) is 8.55. The van der Waals surface area contributed by atoms with Crippen molar-refractivity contribution in [3.05, 3.63) is 28.3 Å². The van der Waals surface area contributed by atoms with E-state index in [0.29, 0.717) is 30.7 Å². The number of methoxy groups -OCH3 is 1. The molecule has 0 N–H and O–H groups in total. The number of hydrogen-bond acceptors (Lipinski definition) is 5. The maximum atomic E-state index is 12.5. The van der Waals surface area contributed by atoms with Crippen molar-refractivity contribution >= 4 is 5.91 Å². The monoisotopic (exact) mass is 374 g/mol. The van der Waals surface area contributed by atoms with Crippen LogP contribution in [0.5, 0.6) is 5.75 Å². The summed E-state index contributed by atoms with van der Waals surface area (Å²) in [6.45, 7) is 3.52. The average molecular weight is 374 g/mol. The number of ether oxygens (including phenoxy) is 1. The maximum absolute atomic E-state index is 12.5. The Balaban J connectivity index is 1.44. The highest BCUT2D eigenvalue weighted by molar-refractivity contribution is 5.77. The fraction of sp³-hybridized carbons (Fsp3) is 0.714. The number of piperidine rings is 2. The first kappa shape index (κ1) is 18.5. The normalized spacial score (nSPS) is 27.4. The number of carbonyl (C=O) groups excluding carboxylic acids is 1. The van der Waals surface area contributed by atoms with Crippen molar-refractivity contribution in [3.63, 3.8) is 0 Å². The third-order valence-electron chi connectivity index (χ3n) is 6.65. The molecule has 4 rings (SSSR count). The van der Waals surface area contributed by atoms with Crippen molar-refractivity contribution in [2.45, 2.75) is 64.0 Å². The van der Waals surface area contributed by atoms with E-state index < -0.39 is 0 Å². The van der Waals surface area contributed by atoms with Crippen molar-refractivity contribution < 1.29 is 13.9 Å². The van der Waals surface area contributed by atoms with E-state index in [0.717, 1.165) is 32.5 Å². The molecule has 6 heteroatoms. The van der Waals surface area contributed by atoms with Gasteiger partial charge in [-0.3, -0.25) is 14.5 Å². The highest BCUT2D eigenvalue weighted by Gasteiger charge is 2.43. The van der Waals surface area contributed by atoms with Crippen LogP contribution in [0, 0.1) is 5.41 Å². The van der Waals surface area contributed by atoms with E-state index in [4.69, 9.17) is 9.15 Å². The van der Waals surface area contributed by atoms with E-state index in [-0.39, 0.29) is 16.6 Å². The summed E-state index contributed by atoms with van der Waals surface area (Å²) in [6.07, 6.45) is 10.2. The number of likely N-dealkylation sites (tertiary alicyclic amines) is 2. The molecule has 1 amide bonds. The lowest BCUT2D eigenvalue weighted by atomic mass is 9.73. The third-order valence-corrected chi connectivity index (χ3v) is 6.65. The molecular formula is C21H30N2O4. The summed E-state index contributed by atoms with van der Waals surface area (Å²) in [7, 11) is 1.47. The van der Waals surface area contributed by atoms with Gasteiger partial charge in [0.2, 0.25) is 17.1 Å². The van der Waals surface area contributed by atoms with Crippen LogP contribution in [0.25, 0.3) is 0 Å². The van der Waals surface area contributed by atoms with Gasteiger partial charge < -0.3 is 14.1 Å². The molecule has 1 aliphatic carbocycles. The zero-order chi connectivity index (χ0) is 18.9. The van der Waals surface area contributed by atoms with Gasteiger partial charge >= 0.3 is 0 Å². The molecule has 3 fully saturated rings.